The van der Waals surface area contributed by atoms with E-state index in [9.17, 15) is 13.5 Å². The second-order valence-electron chi connectivity index (χ2n) is 5.26. The predicted octanol–water partition coefficient (Wildman–Crippen LogP) is 2.48. The standard InChI is InChI=1S/C15H22O4S/c1-2-10-19-13-8-6-12(7-9-13)15(16)14-5-3-4-11-20(14,17)18/h6-9,14-16H,2-5,10-11H2,1H3. The molecule has 2 unspecified atom stereocenters. The second kappa shape index (κ2) is 6.59. The van der Waals surface area contributed by atoms with Crippen LogP contribution in [0.15, 0.2) is 24.3 Å². The van der Waals surface area contributed by atoms with Crippen LogP contribution in [0.25, 0.3) is 0 Å². The maximum atomic E-state index is 12.0. The van der Waals surface area contributed by atoms with Gasteiger partial charge in [0.15, 0.2) is 9.84 Å². The summed E-state index contributed by atoms with van der Waals surface area (Å²) in [4.78, 5) is 0. The van der Waals surface area contributed by atoms with E-state index in [1.807, 2.05) is 6.92 Å². The molecule has 0 bridgehead atoms. The van der Waals surface area contributed by atoms with E-state index in [2.05, 4.69) is 0 Å². The van der Waals surface area contributed by atoms with Crippen molar-refractivity contribution in [2.75, 3.05) is 12.4 Å². The molecule has 1 aromatic rings. The smallest absolute Gasteiger partial charge is 0.156 e. The Bertz CT molecular complexity index is 521. The van der Waals surface area contributed by atoms with Crippen LogP contribution in [0.4, 0.5) is 0 Å². The molecule has 5 heteroatoms. The van der Waals surface area contributed by atoms with Gasteiger partial charge in [-0.2, -0.15) is 0 Å². The molecule has 2 atom stereocenters. The first-order chi connectivity index (χ1) is 9.54. The van der Waals surface area contributed by atoms with E-state index in [0.29, 0.717) is 25.0 Å². The second-order valence-corrected chi connectivity index (χ2v) is 7.60. The molecule has 1 aliphatic rings. The number of hydrogen-bond donors (Lipinski definition) is 1. The zero-order valence-electron chi connectivity index (χ0n) is 11.8. The van der Waals surface area contributed by atoms with Gasteiger partial charge in [0, 0.05) is 0 Å². The largest absolute Gasteiger partial charge is 0.494 e. The molecule has 1 saturated heterocycles. The summed E-state index contributed by atoms with van der Waals surface area (Å²) in [5.41, 5.74) is 0.643. The van der Waals surface area contributed by atoms with Gasteiger partial charge >= 0.3 is 0 Å². The Morgan fingerprint density at radius 1 is 1.30 bits per heavy atom. The van der Waals surface area contributed by atoms with Gasteiger partial charge in [0.05, 0.1) is 23.7 Å². The molecule has 0 radical (unpaired) electrons. The lowest BCUT2D eigenvalue weighted by atomic mass is 10.0. The maximum Gasteiger partial charge on any atom is 0.156 e. The number of benzene rings is 1. The van der Waals surface area contributed by atoms with Crippen LogP contribution in [-0.2, 0) is 9.84 Å². The molecule has 1 aliphatic heterocycles. The molecule has 1 aromatic carbocycles. The highest BCUT2D eigenvalue weighted by atomic mass is 32.2. The number of aliphatic hydroxyl groups is 1. The third-order valence-electron chi connectivity index (χ3n) is 3.68. The summed E-state index contributed by atoms with van der Waals surface area (Å²) in [5.74, 6) is 0.932. The van der Waals surface area contributed by atoms with Crippen molar-refractivity contribution < 1.29 is 18.3 Å². The molecule has 1 fully saturated rings. The lowest BCUT2D eigenvalue weighted by Gasteiger charge is -2.27. The summed E-state index contributed by atoms with van der Waals surface area (Å²) in [6.07, 6.45) is 2.09. The number of sulfone groups is 1. The van der Waals surface area contributed by atoms with Crippen LogP contribution in [0, 0.1) is 0 Å². The van der Waals surface area contributed by atoms with Gasteiger partial charge in [0.2, 0.25) is 0 Å². The third kappa shape index (κ3) is 3.52. The van der Waals surface area contributed by atoms with Crippen LogP contribution in [0.2, 0.25) is 0 Å². The lowest BCUT2D eigenvalue weighted by Crippen LogP contribution is -2.33. The van der Waals surface area contributed by atoms with E-state index < -0.39 is 21.2 Å². The highest BCUT2D eigenvalue weighted by Crippen LogP contribution is 2.31. The molecule has 0 saturated carbocycles. The summed E-state index contributed by atoms with van der Waals surface area (Å²) in [6, 6.07) is 7.06. The number of hydrogen-bond acceptors (Lipinski definition) is 4. The number of ether oxygens (including phenoxy) is 1. The molecule has 0 amide bonds. The van der Waals surface area contributed by atoms with Crippen molar-refractivity contribution in [3.8, 4) is 5.75 Å². The topological polar surface area (TPSA) is 63.6 Å². The van der Waals surface area contributed by atoms with Crippen LogP contribution in [0.3, 0.4) is 0 Å². The monoisotopic (exact) mass is 298 g/mol. The first kappa shape index (κ1) is 15.3. The van der Waals surface area contributed by atoms with Crippen molar-refractivity contribution in [3.05, 3.63) is 29.8 Å². The van der Waals surface area contributed by atoms with Crippen molar-refractivity contribution in [1.29, 1.82) is 0 Å². The fourth-order valence-electron chi connectivity index (χ4n) is 2.53. The first-order valence-electron chi connectivity index (χ1n) is 7.17. The number of rotatable bonds is 5. The summed E-state index contributed by atoms with van der Waals surface area (Å²) in [7, 11) is -3.18. The number of aliphatic hydroxyl groups excluding tert-OH is 1. The van der Waals surface area contributed by atoms with E-state index in [0.717, 1.165) is 18.6 Å². The Morgan fingerprint density at radius 2 is 2.00 bits per heavy atom. The van der Waals surface area contributed by atoms with Crippen molar-refractivity contribution in [1.82, 2.24) is 0 Å². The van der Waals surface area contributed by atoms with E-state index in [1.54, 1.807) is 24.3 Å². The van der Waals surface area contributed by atoms with Gasteiger partial charge in [-0.3, -0.25) is 0 Å². The van der Waals surface area contributed by atoms with E-state index in [-0.39, 0.29) is 5.75 Å². The highest BCUT2D eigenvalue weighted by molar-refractivity contribution is 7.92. The predicted molar refractivity (Wildman–Crippen MR) is 78.6 cm³/mol. The molecule has 0 aliphatic carbocycles. The highest BCUT2D eigenvalue weighted by Gasteiger charge is 2.35. The van der Waals surface area contributed by atoms with Gasteiger partial charge in [0.1, 0.15) is 5.75 Å². The van der Waals surface area contributed by atoms with E-state index in [4.69, 9.17) is 4.74 Å². The Balaban J connectivity index is 2.10. The SMILES string of the molecule is CCCOc1ccc(C(O)C2CCCCS2(=O)=O)cc1. The van der Waals surface area contributed by atoms with Gasteiger partial charge in [-0.25, -0.2) is 8.42 Å². The zero-order valence-corrected chi connectivity index (χ0v) is 12.6. The minimum absolute atomic E-state index is 0.187. The van der Waals surface area contributed by atoms with Crippen molar-refractivity contribution in [3.63, 3.8) is 0 Å². The molecule has 2 rings (SSSR count). The van der Waals surface area contributed by atoms with Gasteiger partial charge in [-0.15, -0.1) is 0 Å². The summed E-state index contributed by atoms with van der Waals surface area (Å²) in [5, 5.41) is 9.66. The molecule has 1 heterocycles. The average Bonchev–Trinajstić information content (AvgIpc) is 2.44. The molecule has 0 aromatic heterocycles. The third-order valence-corrected chi connectivity index (χ3v) is 5.95. The fraction of sp³-hybridized carbons (Fsp3) is 0.600. The summed E-state index contributed by atoms with van der Waals surface area (Å²) < 4.78 is 29.5. The maximum absolute atomic E-state index is 12.0. The van der Waals surface area contributed by atoms with Gasteiger partial charge in [0.25, 0.3) is 0 Å². The Hall–Kier alpha value is -1.07. The molecule has 4 nitrogen and oxygen atoms in total. The minimum Gasteiger partial charge on any atom is -0.494 e. The molecule has 20 heavy (non-hydrogen) atoms. The van der Waals surface area contributed by atoms with Crippen LogP contribution in [0.5, 0.6) is 5.75 Å². The lowest BCUT2D eigenvalue weighted by molar-refractivity contribution is 0.164. The van der Waals surface area contributed by atoms with Gasteiger partial charge in [-0.1, -0.05) is 25.5 Å². The quantitative estimate of drug-likeness (QED) is 0.907. The average molecular weight is 298 g/mol. The van der Waals surface area contributed by atoms with E-state index >= 15 is 0 Å². The molecule has 1 N–H and O–H groups in total. The minimum atomic E-state index is -3.18. The molecular formula is C15H22O4S. The Labute approximate surface area is 120 Å². The van der Waals surface area contributed by atoms with Crippen LogP contribution >= 0.6 is 0 Å². The van der Waals surface area contributed by atoms with Crippen molar-refractivity contribution in [2.45, 2.75) is 44.0 Å². The van der Waals surface area contributed by atoms with Crippen LogP contribution < -0.4 is 4.74 Å². The van der Waals surface area contributed by atoms with Crippen molar-refractivity contribution >= 4 is 9.84 Å². The molecule has 0 spiro atoms. The summed E-state index contributed by atoms with van der Waals surface area (Å²) >= 11 is 0. The van der Waals surface area contributed by atoms with E-state index in [1.165, 1.54) is 0 Å². The first-order valence-corrected chi connectivity index (χ1v) is 8.88. The Morgan fingerprint density at radius 3 is 2.60 bits per heavy atom. The van der Waals surface area contributed by atoms with Gasteiger partial charge in [-0.05, 0) is 37.0 Å². The normalized spacial score (nSPS) is 23.2. The van der Waals surface area contributed by atoms with Gasteiger partial charge < -0.3 is 9.84 Å². The van der Waals surface area contributed by atoms with Crippen molar-refractivity contribution in [2.24, 2.45) is 0 Å². The zero-order chi connectivity index (χ0) is 14.6. The van der Waals surface area contributed by atoms with Crippen LogP contribution in [-0.4, -0.2) is 31.1 Å². The Kier molecular flexibility index (Phi) is 5.05. The molecular weight excluding hydrogens is 276 g/mol. The van der Waals surface area contributed by atoms with Crippen LogP contribution in [0.1, 0.15) is 44.3 Å². The fourth-order valence-corrected chi connectivity index (χ4v) is 4.51. The summed E-state index contributed by atoms with van der Waals surface area (Å²) in [6.45, 7) is 2.69. The molecule has 112 valence electrons.